The van der Waals surface area contributed by atoms with Gasteiger partial charge in [-0.05, 0) is 18.6 Å². The Bertz CT molecular complexity index is 902. The van der Waals surface area contributed by atoms with Crippen molar-refractivity contribution in [3.63, 3.8) is 0 Å². The van der Waals surface area contributed by atoms with Gasteiger partial charge in [0.2, 0.25) is 5.43 Å². The lowest BCUT2D eigenvalue weighted by Crippen LogP contribution is -2.60. The summed E-state index contributed by atoms with van der Waals surface area (Å²) >= 11 is 0. The van der Waals surface area contributed by atoms with Gasteiger partial charge >= 0.3 is 0 Å². The molecular formula is C20H26N2O4. The summed E-state index contributed by atoms with van der Waals surface area (Å²) in [5.74, 6) is -0.288. The molecule has 26 heavy (non-hydrogen) atoms. The van der Waals surface area contributed by atoms with Crippen LogP contribution in [0.4, 0.5) is 0 Å². The Kier molecular flexibility index (Phi) is 4.67. The van der Waals surface area contributed by atoms with Crippen LogP contribution in [0.25, 0.3) is 10.9 Å². The zero-order chi connectivity index (χ0) is 19.1. The Labute approximate surface area is 153 Å². The minimum absolute atomic E-state index is 0.166. The molecule has 3 rings (SSSR count). The maximum atomic E-state index is 13.1. The molecule has 140 valence electrons. The van der Waals surface area contributed by atoms with Gasteiger partial charge in [0.05, 0.1) is 17.7 Å². The molecule has 2 aromatic rings. The van der Waals surface area contributed by atoms with Crippen molar-refractivity contribution in [3.05, 3.63) is 46.2 Å². The van der Waals surface area contributed by atoms with E-state index in [-0.39, 0.29) is 23.5 Å². The molecule has 6 heteroatoms. The molecular weight excluding hydrogens is 332 g/mol. The summed E-state index contributed by atoms with van der Waals surface area (Å²) in [6.45, 7) is 4.81. The maximum Gasteiger partial charge on any atom is 0.259 e. The molecule has 1 N–H and O–H groups in total. The van der Waals surface area contributed by atoms with E-state index >= 15 is 0 Å². The highest BCUT2D eigenvalue weighted by Crippen LogP contribution is 2.39. The molecule has 1 aliphatic rings. The number of piperidine rings is 1. The molecule has 0 saturated carbocycles. The maximum absolute atomic E-state index is 13.1. The molecule has 1 saturated heterocycles. The summed E-state index contributed by atoms with van der Waals surface area (Å²) in [6.07, 6.45) is 2.02. The van der Waals surface area contributed by atoms with E-state index in [1.165, 1.54) is 0 Å². The minimum Gasteiger partial charge on any atom is -0.387 e. The number of para-hydroxylation sites is 1. The van der Waals surface area contributed by atoms with Crippen LogP contribution in [0.5, 0.6) is 0 Å². The van der Waals surface area contributed by atoms with Gasteiger partial charge in [-0.1, -0.05) is 26.0 Å². The molecule has 6 nitrogen and oxygen atoms in total. The van der Waals surface area contributed by atoms with Gasteiger partial charge in [-0.15, -0.1) is 0 Å². The van der Waals surface area contributed by atoms with Crippen LogP contribution >= 0.6 is 0 Å². The SMILES string of the molecule is COC[C@]1(O)CCN(C(=O)c2cn(C)c3ccccc3c2=O)CC1(C)C. The predicted octanol–water partition coefficient (Wildman–Crippen LogP) is 1.79. The number of pyridine rings is 1. The highest BCUT2D eigenvalue weighted by Gasteiger charge is 2.48. The fraction of sp³-hybridized carbons (Fsp3) is 0.500. The van der Waals surface area contributed by atoms with Crippen LogP contribution in [0.15, 0.2) is 35.3 Å². The first-order chi connectivity index (χ1) is 12.2. The van der Waals surface area contributed by atoms with E-state index in [2.05, 4.69) is 0 Å². The Hall–Kier alpha value is -2.18. The Morgan fingerprint density at radius 3 is 2.65 bits per heavy atom. The van der Waals surface area contributed by atoms with Crippen molar-refractivity contribution >= 4 is 16.8 Å². The third kappa shape index (κ3) is 2.93. The van der Waals surface area contributed by atoms with E-state index in [1.54, 1.807) is 34.9 Å². The predicted molar refractivity (Wildman–Crippen MR) is 100 cm³/mol. The molecule has 0 bridgehead atoms. The fourth-order valence-corrected chi connectivity index (χ4v) is 3.80. The first kappa shape index (κ1) is 18.6. The number of amides is 1. The molecule has 1 aromatic carbocycles. The number of aryl methyl sites for hydroxylation is 1. The number of hydrogen-bond donors (Lipinski definition) is 1. The second-order valence-corrected chi connectivity index (χ2v) is 7.83. The molecule has 1 atom stereocenters. The lowest BCUT2D eigenvalue weighted by molar-refractivity contribution is -0.144. The number of aromatic nitrogens is 1. The largest absolute Gasteiger partial charge is 0.387 e. The molecule has 0 spiro atoms. The van der Waals surface area contributed by atoms with Gasteiger partial charge in [-0.3, -0.25) is 9.59 Å². The fourth-order valence-electron chi connectivity index (χ4n) is 3.80. The molecule has 0 aliphatic carbocycles. The number of carbonyl (C=O) groups is 1. The van der Waals surface area contributed by atoms with Crippen molar-refractivity contribution in [2.75, 3.05) is 26.8 Å². The summed E-state index contributed by atoms with van der Waals surface area (Å²) in [4.78, 5) is 27.6. The highest BCUT2D eigenvalue weighted by atomic mass is 16.5. The number of nitrogens with zero attached hydrogens (tertiary/aromatic N) is 2. The van der Waals surface area contributed by atoms with Crippen molar-refractivity contribution in [3.8, 4) is 0 Å². The Morgan fingerprint density at radius 1 is 1.31 bits per heavy atom. The van der Waals surface area contributed by atoms with Crippen LogP contribution in [0.3, 0.4) is 0 Å². The minimum atomic E-state index is -0.993. The van der Waals surface area contributed by atoms with Crippen LogP contribution in [-0.4, -0.2) is 52.9 Å². The topological polar surface area (TPSA) is 71.8 Å². The van der Waals surface area contributed by atoms with Crippen molar-refractivity contribution in [1.29, 1.82) is 0 Å². The van der Waals surface area contributed by atoms with E-state index in [4.69, 9.17) is 4.74 Å². The monoisotopic (exact) mass is 358 g/mol. The third-order valence-corrected chi connectivity index (χ3v) is 5.64. The van der Waals surface area contributed by atoms with Crippen LogP contribution in [0, 0.1) is 5.41 Å². The number of benzene rings is 1. The summed E-state index contributed by atoms with van der Waals surface area (Å²) < 4.78 is 6.98. The summed E-state index contributed by atoms with van der Waals surface area (Å²) in [5, 5.41) is 11.4. The average Bonchev–Trinajstić information content (AvgIpc) is 2.60. The number of likely N-dealkylation sites (tertiary alicyclic amines) is 1. The van der Waals surface area contributed by atoms with Gasteiger partial charge in [-0.25, -0.2) is 0 Å². The van der Waals surface area contributed by atoms with E-state index in [0.29, 0.717) is 24.9 Å². The zero-order valence-corrected chi connectivity index (χ0v) is 15.8. The van der Waals surface area contributed by atoms with Crippen LogP contribution in [0.2, 0.25) is 0 Å². The van der Waals surface area contributed by atoms with Crippen LogP contribution in [0.1, 0.15) is 30.6 Å². The van der Waals surface area contributed by atoms with Gasteiger partial charge in [0.15, 0.2) is 0 Å². The number of hydrogen-bond acceptors (Lipinski definition) is 4. The summed E-state index contributed by atoms with van der Waals surface area (Å²) in [7, 11) is 3.39. The Morgan fingerprint density at radius 2 is 2.00 bits per heavy atom. The zero-order valence-electron chi connectivity index (χ0n) is 15.8. The number of fused-ring (bicyclic) bond motifs is 1. The summed E-state index contributed by atoms with van der Waals surface area (Å²) in [5.41, 5.74) is -0.827. The Balaban J connectivity index is 1.95. The average molecular weight is 358 g/mol. The van der Waals surface area contributed by atoms with Crippen molar-refractivity contribution in [2.24, 2.45) is 12.5 Å². The van der Waals surface area contributed by atoms with Gasteiger partial charge < -0.3 is 19.3 Å². The third-order valence-electron chi connectivity index (χ3n) is 5.64. The number of carbonyl (C=O) groups excluding carboxylic acids is 1. The smallest absolute Gasteiger partial charge is 0.259 e. The quantitative estimate of drug-likeness (QED) is 0.908. The van der Waals surface area contributed by atoms with Crippen molar-refractivity contribution in [2.45, 2.75) is 25.9 Å². The normalized spacial score (nSPS) is 22.6. The first-order valence-corrected chi connectivity index (χ1v) is 8.79. The van der Waals surface area contributed by atoms with Crippen molar-refractivity contribution < 1.29 is 14.6 Å². The van der Waals surface area contributed by atoms with Crippen molar-refractivity contribution in [1.82, 2.24) is 9.47 Å². The molecule has 1 amide bonds. The van der Waals surface area contributed by atoms with Gasteiger partial charge in [0.25, 0.3) is 5.91 Å². The lowest BCUT2D eigenvalue weighted by atomic mass is 9.70. The lowest BCUT2D eigenvalue weighted by Gasteiger charge is -2.49. The standard InChI is InChI=1S/C20H26N2O4/c1-19(2)12-22(10-9-20(19,25)13-26-4)18(24)15-11-21(3)16-8-6-5-7-14(16)17(15)23/h5-8,11,25H,9-10,12-13H2,1-4H3/t20-/m1/s1. The highest BCUT2D eigenvalue weighted by molar-refractivity contribution is 5.97. The second kappa shape index (κ2) is 6.52. The van der Waals surface area contributed by atoms with Gasteiger partial charge in [0.1, 0.15) is 5.56 Å². The first-order valence-electron chi connectivity index (χ1n) is 8.79. The van der Waals surface area contributed by atoms with Gasteiger partial charge in [0, 0.05) is 44.2 Å². The van der Waals surface area contributed by atoms with Gasteiger partial charge in [-0.2, -0.15) is 0 Å². The summed E-state index contributed by atoms with van der Waals surface area (Å²) in [6, 6.07) is 7.27. The molecule has 1 aliphatic heterocycles. The van der Waals surface area contributed by atoms with Crippen LogP contribution in [-0.2, 0) is 11.8 Å². The van der Waals surface area contributed by atoms with E-state index in [1.807, 2.05) is 33.0 Å². The van der Waals surface area contributed by atoms with E-state index in [0.717, 1.165) is 5.52 Å². The second-order valence-electron chi connectivity index (χ2n) is 7.83. The molecule has 1 fully saturated rings. The van der Waals surface area contributed by atoms with E-state index < -0.39 is 11.0 Å². The number of methoxy groups -OCH3 is 1. The number of aliphatic hydroxyl groups is 1. The molecule has 2 heterocycles. The molecule has 1 aromatic heterocycles. The molecule has 0 unspecified atom stereocenters. The number of rotatable bonds is 3. The van der Waals surface area contributed by atoms with Crippen LogP contribution < -0.4 is 5.43 Å². The van der Waals surface area contributed by atoms with E-state index in [9.17, 15) is 14.7 Å². The molecule has 0 radical (unpaired) electrons. The number of ether oxygens (including phenoxy) is 1.